The van der Waals surface area contributed by atoms with Crippen LogP contribution in [-0.4, -0.2) is 12.2 Å². The molecule has 1 N–H and O–H groups in total. The van der Waals surface area contributed by atoms with E-state index in [2.05, 4.69) is 0 Å². The number of para-hydroxylation sites is 1. The van der Waals surface area contributed by atoms with Crippen molar-refractivity contribution in [3.63, 3.8) is 0 Å². The number of aliphatic hydroxyl groups is 1. The minimum atomic E-state index is -0.647. The Kier molecular flexibility index (Phi) is 4.70. The van der Waals surface area contributed by atoms with Crippen molar-refractivity contribution in [3.8, 4) is 5.75 Å². The van der Waals surface area contributed by atoms with Gasteiger partial charge in [0.05, 0.1) is 23.3 Å². The van der Waals surface area contributed by atoms with E-state index in [4.69, 9.17) is 27.9 Å². The third-order valence-corrected chi connectivity index (χ3v) is 3.67. The first-order valence-electron chi connectivity index (χ1n) is 5.86. The van der Waals surface area contributed by atoms with Crippen LogP contribution in [0.15, 0.2) is 42.5 Å². The Morgan fingerprint density at radius 1 is 1.11 bits per heavy atom. The van der Waals surface area contributed by atoms with Gasteiger partial charge >= 0.3 is 0 Å². The fourth-order valence-electron chi connectivity index (χ4n) is 1.92. The summed E-state index contributed by atoms with van der Waals surface area (Å²) in [6.45, 7) is 0. The Bertz CT molecular complexity index is 570. The molecule has 0 spiro atoms. The number of aliphatic hydroxyl groups excluding tert-OH is 1. The van der Waals surface area contributed by atoms with Crippen LogP contribution < -0.4 is 4.74 Å². The summed E-state index contributed by atoms with van der Waals surface area (Å²) in [4.78, 5) is 0. The molecule has 0 saturated carbocycles. The predicted molar refractivity (Wildman–Crippen MR) is 78.1 cm³/mol. The molecule has 2 rings (SSSR count). The molecular formula is C15H14Cl2O2. The Morgan fingerprint density at radius 2 is 1.84 bits per heavy atom. The minimum Gasteiger partial charge on any atom is -0.496 e. The molecule has 0 heterocycles. The lowest BCUT2D eigenvalue weighted by Gasteiger charge is -2.14. The van der Waals surface area contributed by atoms with E-state index in [1.807, 2.05) is 24.3 Å². The average Bonchev–Trinajstić information content (AvgIpc) is 2.42. The van der Waals surface area contributed by atoms with Crippen molar-refractivity contribution >= 4 is 23.2 Å². The van der Waals surface area contributed by atoms with E-state index in [9.17, 15) is 5.11 Å². The molecule has 1 atom stereocenters. The lowest BCUT2D eigenvalue weighted by atomic mass is 10.0. The van der Waals surface area contributed by atoms with Crippen molar-refractivity contribution in [2.45, 2.75) is 12.5 Å². The summed E-state index contributed by atoms with van der Waals surface area (Å²) in [6, 6.07) is 12.8. The summed E-state index contributed by atoms with van der Waals surface area (Å²) in [5.41, 5.74) is 1.68. The predicted octanol–water partition coefficient (Wildman–Crippen LogP) is 4.28. The van der Waals surface area contributed by atoms with Crippen molar-refractivity contribution in [1.29, 1.82) is 0 Å². The normalized spacial score (nSPS) is 12.2. The third-order valence-electron chi connectivity index (χ3n) is 2.93. The number of ether oxygens (including phenoxy) is 1. The summed E-state index contributed by atoms with van der Waals surface area (Å²) in [6.07, 6.45) is -0.187. The SMILES string of the molecule is COc1ccccc1CC(O)c1ccc(Cl)c(Cl)c1. The molecule has 2 nitrogen and oxygen atoms in total. The molecule has 1 unspecified atom stereocenters. The van der Waals surface area contributed by atoms with Crippen LogP contribution in [0.1, 0.15) is 17.2 Å². The van der Waals surface area contributed by atoms with E-state index in [1.54, 1.807) is 25.3 Å². The highest BCUT2D eigenvalue weighted by atomic mass is 35.5. The number of halogens is 2. The standard InChI is InChI=1S/C15H14Cl2O2/c1-19-15-5-3-2-4-11(15)9-14(18)10-6-7-12(16)13(17)8-10/h2-8,14,18H,9H2,1H3. The van der Waals surface area contributed by atoms with Crippen LogP contribution in [0.2, 0.25) is 10.0 Å². The van der Waals surface area contributed by atoms with Crippen LogP contribution in [0.5, 0.6) is 5.75 Å². The lowest BCUT2D eigenvalue weighted by molar-refractivity contribution is 0.177. The van der Waals surface area contributed by atoms with Crippen LogP contribution in [0.25, 0.3) is 0 Å². The average molecular weight is 297 g/mol. The van der Waals surface area contributed by atoms with Crippen molar-refractivity contribution in [3.05, 3.63) is 63.6 Å². The second-order valence-electron chi connectivity index (χ2n) is 4.21. The lowest BCUT2D eigenvalue weighted by Crippen LogP contribution is -2.03. The molecule has 0 bridgehead atoms. The van der Waals surface area contributed by atoms with E-state index >= 15 is 0 Å². The molecule has 0 amide bonds. The number of hydrogen-bond acceptors (Lipinski definition) is 2. The molecule has 0 saturated heterocycles. The highest BCUT2D eigenvalue weighted by Crippen LogP contribution is 2.29. The van der Waals surface area contributed by atoms with Gasteiger partial charge in [0.25, 0.3) is 0 Å². The van der Waals surface area contributed by atoms with Crippen molar-refractivity contribution in [1.82, 2.24) is 0 Å². The molecule has 0 aliphatic heterocycles. The Hall–Kier alpha value is -1.22. The highest BCUT2D eigenvalue weighted by molar-refractivity contribution is 6.42. The first-order valence-corrected chi connectivity index (χ1v) is 6.62. The zero-order chi connectivity index (χ0) is 13.8. The summed E-state index contributed by atoms with van der Waals surface area (Å²) in [5, 5.41) is 11.2. The number of benzene rings is 2. The maximum atomic E-state index is 10.3. The molecule has 0 aliphatic carbocycles. The third kappa shape index (κ3) is 3.41. The molecule has 100 valence electrons. The minimum absolute atomic E-state index is 0.443. The maximum Gasteiger partial charge on any atom is 0.122 e. The van der Waals surface area contributed by atoms with Crippen LogP contribution in [0.4, 0.5) is 0 Å². The smallest absolute Gasteiger partial charge is 0.122 e. The molecular weight excluding hydrogens is 283 g/mol. The zero-order valence-electron chi connectivity index (χ0n) is 10.4. The summed E-state index contributed by atoms with van der Waals surface area (Å²) >= 11 is 11.8. The van der Waals surface area contributed by atoms with E-state index in [0.717, 1.165) is 16.9 Å². The quantitative estimate of drug-likeness (QED) is 0.912. The van der Waals surface area contributed by atoms with Gasteiger partial charge in [0.15, 0.2) is 0 Å². The van der Waals surface area contributed by atoms with Gasteiger partial charge in [0.1, 0.15) is 5.75 Å². The van der Waals surface area contributed by atoms with Crippen molar-refractivity contribution in [2.24, 2.45) is 0 Å². The number of rotatable bonds is 4. The van der Waals surface area contributed by atoms with Crippen LogP contribution >= 0.6 is 23.2 Å². The molecule has 4 heteroatoms. The van der Waals surface area contributed by atoms with Crippen molar-refractivity contribution in [2.75, 3.05) is 7.11 Å². The maximum absolute atomic E-state index is 10.3. The zero-order valence-corrected chi connectivity index (χ0v) is 11.9. The van der Waals surface area contributed by atoms with Crippen LogP contribution in [-0.2, 0) is 6.42 Å². The first kappa shape index (κ1) is 14.2. The Balaban J connectivity index is 2.20. The molecule has 0 aliphatic rings. The fourth-order valence-corrected chi connectivity index (χ4v) is 2.22. The monoisotopic (exact) mass is 296 g/mol. The molecule has 0 aromatic heterocycles. The second kappa shape index (κ2) is 6.29. The van der Waals surface area contributed by atoms with E-state index in [-0.39, 0.29) is 0 Å². The number of methoxy groups -OCH3 is 1. The molecule has 2 aromatic carbocycles. The van der Waals surface area contributed by atoms with Gasteiger partial charge in [0.2, 0.25) is 0 Å². The van der Waals surface area contributed by atoms with Gasteiger partial charge in [-0.15, -0.1) is 0 Å². The summed E-state index contributed by atoms with van der Waals surface area (Å²) < 4.78 is 5.27. The molecule has 19 heavy (non-hydrogen) atoms. The van der Waals surface area contributed by atoms with Gasteiger partial charge in [-0.1, -0.05) is 47.5 Å². The van der Waals surface area contributed by atoms with E-state index < -0.39 is 6.10 Å². The highest BCUT2D eigenvalue weighted by Gasteiger charge is 2.12. The second-order valence-corrected chi connectivity index (χ2v) is 5.02. The van der Waals surface area contributed by atoms with Crippen LogP contribution in [0, 0.1) is 0 Å². The Morgan fingerprint density at radius 3 is 2.53 bits per heavy atom. The topological polar surface area (TPSA) is 29.5 Å². The van der Waals surface area contributed by atoms with Crippen LogP contribution in [0.3, 0.4) is 0 Å². The summed E-state index contributed by atoms with van der Waals surface area (Å²) in [7, 11) is 1.62. The van der Waals surface area contributed by atoms with E-state index in [1.165, 1.54) is 0 Å². The van der Waals surface area contributed by atoms with Gasteiger partial charge in [-0.05, 0) is 29.3 Å². The first-order chi connectivity index (χ1) is 9.11. The van der Waals surface area contributed by atoms with Gasteiger partial charge in [0, 0.05) is 6.42 Å². The largest absolute Gasteiger partial charge is 0.496 e. The fraction of sp³-hybridized carbons (Fsp3) is 0.200. The summed E-state index contributed by atoms with van der Waals surface area (Å²) in [5.74, 6) is 0.765. The molecule has 0 fully saturated rings. The van der Waals surface area contributed by atoms with Gasteiger partial charge in [-0.25, -0.2) is 0 Å². The van der Waals surface area contributed by atoms with Gasteiger partial charge in [-0.3, -0.25) is 0 Å². The molecule has 2 aromatic rings. The van der Waals surface area contributed by atoms with Crippen molar-refractivity contribution < 1.29 is 9.84 Å². The van der Waals surface area contributed by atoms with E-state index in [0.29, 0.717) is 16.5 Å². The van der Waals surface area contributed by atoms with Gasteiger partial charge in [-0.2, -0.15) is 0 Å². The van der Waals surface area contributed by atoms with Gasteiger partial charge < -0.3 is 9.84 Å². The number of hydrogen-bond donors (Lipinski definition) is 1. The Labute approximate surface area is 122 Å². The molecule has 0 radical (unpaired) electrons.